The van der Waals surface area contributed by atoms with E-state index in [2.05, 4.69) is 16.0 Å². The van der Waals surface area contributed by atoms with E-state index in [4.69, 9.17) is 10.8 Å². The first-order valence-electron chi connectivity index (χ1n) is 13.4. The minimum atomic E-state index is -1.48. The summed E-state index contributed by atoms with van der Waals surface area (Å²) in [5.74, 6) is -4.87. The number of aromatic hydroxyl groups is 2. The lowest BCUT2D eigenvalue weighted by molar-refractivity contribution is -0.143. The van der Waals surface area contributed by atoms with Crippen LogP contribution in [0, 0.1) is 5.92 Å². The third kappa shape index (κ3) is 11.5. The van der Waals surface area contributed by atoms with Crippen molar-refractivity contribution in [2.24, 2.45) is 11.7 Å². The minimum Gasteiger partial charge on any atom is -0.508 e. The van der Waals surface area contributed by atoms with Crippen molar-refractivity contribution in [1.29, 1.82) is 0 Å². The second kappa shape index (κ2) is 16.0. The molecule has 228 valence electrons. The molecule has 2 aromatic carbocycles. The third-order valence-corrected chi connectivity index (χ3v) is 6.34. The zero-order valence-electron chi connectivity index (χ0n) is 23.4. The molecule has 2 aromatic rings. The zero-order valence-corrected chi connectivity index (χ0v) is 23.4. The molecule has 0 spiro atoms. The predicted octanol–water partition coefficient (Wildman–Crippen LogP) is 0.660. The zero-order chi connectivity index (χ0) is 31.4. The topological polar surface area (TPSA) is 228 Å². The lowest BCUT2D eigenvalue weighted by Gasteiger charge is -2.26. The third-order valence-electron chi connectivity index (χ3n) is 6.34. The van der Waals surface area contributed by atoms with Crippen LogP contribution in [0.2, 0.25) is 0 Å². The summed E-state index contributed by atoms with van der Waals surface area (Å²) in [6, 6.07) is 7.18. The average Bonchev–Trinajstić information content (AvgIpc) is 2.91. The number of aliphatic carboxylic acids is 2. The summed E-state index contributed by atoms with van der Waals surface area (Å²) in [6.45, 7) is 3.59. The van der Waals surface area contributed by atoms with Crippen LogP contribution in [-0.2, 0) is 36.8 Å². The molecule has 0 saturated heterocycles. The van der Waals surface area contributed by atoms with Gasteiger partial charge in [0.15, 0.2) is 0 Å². The van der Waals surface area contributed by atoms with Gasteiger partial charge >= 0.3 is 11.9 Å². The van der Waals surface area contributed by atoms with Crippen molar-refractivity contribution in [2.75, 3.05) is 0 Å². The highest BCUT2D eigenvalue weighted by atomic mass is 16.4. The standard InChI is InChI=1S/C29H38N4O9/c1-16(2)13-23(27(39)31-22(29(41)42)11-12-25(36)37)33-28(40)24(15-18-5-9-20(35)10-6-18)32-26(38)21(30)14-17-3-7-19(34)8-4-17/h3-10,16,21-24,34-35H,11-15,30H2,1-2H3,(H,31,39)(H,32,38)(H,33,40)(H,36,37)(H,41,42). The number of nitrogens with two attached hydrogens (primary N) is 1. The van der Waals surface area contributed by atoms with Gasteiger partial charge in [-0.05, 0) is 60.6 Å². The molecule has 42 heavy (non-hydrogen) atoms. The van der Waals surface area contributed by atoms with Crippen LogP contribution in [0.15, 0.2) is 48.5 Å². The number of benzene rings is 2. The molecule has 0 aromatic heterocycles. The molecule has 0 radical (unpaired) electrons. The van der Waals surface area contributed by atoms with Gasteiger partial charge in [-0.15, -0.1) is 0 Å². The Kier molecular flexibility index (Phi) is 12.8. The average molecular weight is 587 g/mol. The fourth-order valence-corrected chi connectivity index (χ4v) is 4.11. The van der Waals surface area contributed by atoms with Gasteiger partial charge in [0.25, 0.3) is 0 Å². The number of hydrogen-bond donors (Lipinski definition) is 8. The quantitative estimate of drug-likeness (QED) is 0.137. The molecule has 13 nitrogen and oxygen atoms in total. The molecule has 3 amide bonds. The van der Waals surface area contributed by atoms with E-state index in [9.17, 15) is 39.3 Å². The summed E-state index contributed by atoms with van der Waals surface area (Å²) in [5.41, 5.74) is 7.36. The fourth-order valence-electron chi connectivity index (χ4n) is 4.11. The first-order chi connectivity index (χ1) is 19.7. The van der Waals surface area contributed by atoms with Crippen LogP contribution in [0.4, 0.5) is 0 Å². The molecule has 0 bridgehead atoms. The number of carbonyl (C=O) groups excluding carboxylic acids is 3. The number of rotatable bonds is 16. The van der Waals surface area contributed by atoms with Gasteiger partial charge in [-0.1, -0.05) is 38.1 Å². The van der Waals surface area contributed by atoms with E-state index < -0.39 is 60.2 Å². The normalized spacial score (nSPS) is 13.8. The van der Waals surface area contributed by atoms with E-state index in [0.29, 0.717) is 11.1 Å². The first-order valence-corrected chi connectivity index (χ1v) is 13.4. The van der Waals surface area contributed by atoms with Gasteiger partial charge in [0.05, 0.1) is 6.04 Å². The molecule has 9 N–H and O–H groups in total. The Bertz CT molecular complexity index is 1230. The van der Waals surface area contributed by atoms with Gasteiger partial charge in [0, 0.05) is 12.8 Å². The highest BCUT2D eigenvalue weighted by molar-refractivity contribution is 5.94. The molecule has 13 heteroatoms. The number of phenols is 2. The van der Waals surface area contributed by atoms with E-state index in [-0.39, 0.29) is 43.1 Å². The summed E-state index contributed by atoms with van der Waals surface area (Å²) in [4.78, 5) is 62.1. The highest BCUT2D eigenvalue weighted by Crippen LogP contribution is 2.14. The Hall–Kier alpha value is -4.65. The van der Waals surface area contributed by atoms with Crippen LogP contribution < -0.4 is 21.7 Å². The van der Waals surface area contributed by atoms with E-state index >= 15 is 0 Å². The number of phenolic OH excluding ortho intramolecular Hbond substituents is 2. The summed E-state index contributed by atoms with van der Waals surface area (Å²) in [5, 5.41) is 44.9. The van der Waals surface area contributed by atoms with Gasteiger partial charge in [0.1, 0.15) is 29.6 Å². The van der Waals surface area contributed by atoms with Crippen molar-refractivity contribution in [1.82, 2.24) is 16.0 Å². The molecule has 0 heterocycles. The Morgan fingerprint density at radius 3 is 1.62 bits per heavy atom. The van der Waals surface area contributed by atoms with Crippen LogP contribution in [-0.4, -0.2) is 74.3 Å². The maximum absolute atomic E-state index is 13.5. The summed E-state index contributed by atoms with van der Waals surface area (Å²) in [7, 11) is 0. The lowest BCUT2D eigenvalue weighted by Crippen LogP contribution is -2.58. The molecule has 4 atom stereocenters. The van der Waals surface area contributed by atoms with Crippen LogP contribution >= 0.6 is 0 Å². The second-order valence-corrected chi connectivity index (χ2v) is 10.4. The van der Waals surface area contributed by atoms with Crippen LogP contribution in [0.3, 0.4) is 0 Å². The number of carboxylic acids is 2. The Morgan fingerprint density at radius 2 is 1.14 bits per heavy atom. The number of hydrogen-bond acceptors (Lipinski definition) is 8. The molecule has 0 saturated carbocycles. The Morgan fingerprint density at radius 1 is 0.690 bits per heavy atom. The predicted molar refractivity (Wildman–Crippen MR) is 151 cm³/mol. The fraction of sp³-hybridized carbons (Fsp3) is 0.414. The molecule has 0 aliphatic rings. The van der Waals surface area contributed by atoms with Gasteiger partial charge in [-0.2, -0.15) is 0 Å². The van der Waals surface area contributed by atoms with Gasteiger partial charge in [0.2, 0.25) is 17.7 Å². The Balaban J connectivity index is 2.23. The molecular weight excluding hydrogens is 548 g/mol. The summed E-state index contributed by atoms with van der Waals surface area (Å²) >= 11 is 0. The maximum atomic E-state index is 13.5. The van der Waals surface area contributed by atoms with Crippen LogP contribution in [0.5, 0.6) is 11.5 Å². The van der Waals surface area contributed by atoms with Crippen LogP contribution in [0.25, 0.3) is 0 Å². The van der Waals surface area contributed by atoms with Crippen LogP contribution in [0.1, 0.15) is 44.2 Å². The molecule has 2 rings (SSSR count). The van der Waals surface area contributed by atoms with Crippen molar-refractivity contribution in [3.8, 4) is 11.5 Å². The number of nitrogens with one attached hydrogen (secondary N) is 3. The molecule has 4 unspecified atom stereocenters. The molecule has 0 fully saturated rings. The van der Waals surface area contributed by atoms with E-state index in [1.807, 2.05) is 0 Å². The Labute approximate surface area is 243 Å². The van der Waals surface area contributed by atoms with Crippen molar-refractivity contribution >= 4 is 29.7 Å². The maximum Gasteiger partial charge on any atom is 0.326 e. The summed E-state index contributed by atoms with van der Waals surface area (Å²) < 4.78 is 0. The van der Waals surface area contributed by atoms with Crippen molar-refractivity contribution in [3.63, 3.8) is 0 Å². The monoisotopic (exact) mass is 586 g/mol. The number of carbonyl (C=O) groups is 5. The summed E-state index contributed by atoms with van der Waals surface area (Å²) in [6.07, 6.45) is -0.606. The van der Waals surface area contributed by atoms with Crippen molar-refractivity contribution < 1.29 is 44.4 Å². The first kappa shape index (κ1) is 33.6. The number of carboxylic acid groups (broad SMARTS) is 2. The van der Waals surface area contributed by atoms with E-state index in [1.165, 1.54) is 24.3 Å². The largest absolute Gasteiger partial charge is 0.508 e. The van der Waals surface area contributed by atoms with E-state index in [0.717, 1.165) is 0 Å². The van der Waals surface area contributed by atoms with E-state index in [1.54, 1.807) is 38.1 Å². The SMILES string of the molecule is CC(C)CC(NC(=O)C(Cc1ccc(O)cc1)NC(=O)C(N)Cc1ccc(O)cc1)C(=O)NC(CCC(=O)O)C(=O)O. The second-order valence-electron chi connectivity index (χ2n) is 10.4. The highest BCUT2D eigenvalue weighted by Gasteiger charge is 2.31. The number of amides is 3. The van der Waals surface area contributed by atoms with Crippen molar-refractivity contribution in [2.45, 2.75) is 70.1 Å². The lowest BCUT2D eigenvalue weighted by atomic mass is 10.00. The molecule has 0 aliphatic heterocycles. The van der Waals surface area contributed by atoms with Crippen molar-refractivity contribution in [3.05, 3.63) is 59.7 Å². The molecule has 0 aliphatic carbocycles. The van der Waals surface area contributed by atoms with Gasteiger partial charge in [-0.3, -0.25) is 19.2 Å². The van der Waals surface area contributed by atoms with Gasteiger partial charge in [-0.25, -0.2) is 4.79 Å². The molecular formula is C29H38N4O9. The smallest absolute Gasteiger partial charge is 0.326 e. The minimum absolute atomic E-state index is 0.00394. The van der Waals surface area contributed by atoms with Gasteiger partial charge < -0.3 is 42.1 Å².